The second-order valence-electron chi connectivity index (χ2n) is 3.08. The lowest BCUT2D eigenvalue weighted by molar-refractivity contribution is -0.120. The van der Waals surface area contributed by atoms with E-state index >= 15 is 0 Å². The van der Waals surface area contributed by atoms with Crippen molar-refractivity contribution >= 4 is 17.4 Å². The van der Waals surface area contributed by atoms with Crippen LogP contribution in [0.2, 0.25) is 0 Å². The Balaban J connectivity index is 3.76. The first-order valence-corrected chi connectivity index (χ1v) is 5.17. The van der Waals surface area contributed by atoms with Crippen LogP contribution in [0.25, 0.3) is 0 Å². The number of Topliss-reactive ketones (excluding diaryl/α,β-unsaturated/α-hetero) is 1. The van der Waals surface area contributed by atoms with Gasteiger partial charge >= 0.3 is 0 Å². The molecule has 0 spiro atoms. The van der Waals surface area contributed by atoms with Crippen LogP contribution in [-0.4, -0.2) is 11.7 Å². The van der Waals surface area contributed by atoms with Crippen molar-refractivity contribution in [2.75, 3.05) is 5.88 Å². The Kier molecular flexibility index (Phi) is 7.58. The zero-order chi connectivity index (χ0) is 9.40. The van der Waals surface area contributed by atoms with E-state index in [9.17, 15) is 4.79 Å². The van der Waals surface area contributed by atoms with E-state index in [0.717, 1.165) is 32.1 Å². The summed E-state index contributed by atoms with van der Waals surface area (Å²) in [4.78, 5) is 11.2. The molecule has 71 valence electrons. The molecule has 0 amide bonds. The molecule has 0 aliphatic heterocycles. The second kappa shape index (κ2) is 7.60. The summed E-state index contributed by atoms with van der Waals surface area (Å²) in [6, 6.07) is 0. The van der Waals surface area contributed by atoms with Crippen LogP contribution in [0.5, 0.6) is 0 Å². The first-order valence-electron chi connectivity index (χ1n) is 4.64. The van der Waals surface area contributed by atoms with E-state index in [-0.39, 0.29) is 17.6 Å². The van der Waals surface area contributed by atoms with Crippen molar-refractivity contribution in [1.29, 1.82) is 0 Å². The molecule has 0 aromatic rings. The minimum absolute atomic E-state index is 0.161. The highest BCUT2D eigenvalue weighted by Gasteiger charge is 2.14. The number of ketones is 1. The van der Waals surface area contributed by atoms with Gasteiger partial charge in [0.1, 0.15) is 0 Å². The van der Waals surface area contributed by atoms with E-state index in [2.05, 4.69) is 13.8 Å². The third-order valence-electron chi connectivity index (χ3n) is 2.05. The number of carbonyl (C=O) groups is 1. The number of unbranched alkanes of at least 4 members (excludes halogenated alkanes) is 1. The van der Waals surface area contributed by atoms with Gasteiger partial charge in [0.15, 0.2) is 5.78 Å². The molecule has 0 N–H and O–H groups in total. The summed E-state index contributed by atoms with van der Waals surface area (Å²) in [5.41, 5.74) is 0. The number of halogens is 1. The summed E-state index contributed by atoms with van der Waals surface area (Å²) in [5, 5.41) is 0. The average Bonchev–Trinajstić information content (AvgIpc) is 2.11. The SMILES string of the molecule is [CH2]CCC(CCCC)C(=O)CCl. The van der Waals surface area contributed by atoms with E-state index in [1.54, 1.807) is 0 Å². The third-order valence-corrected chi connectivity index (χ3v) is 2.31. The quantitative estimate of drug-likeness (QED) is 0.562. The molecular formula is C10H18ClO. The van der Waals surface area contributed by atoms with Crippen molar-refractivity contribution in [3.8, 4) is 0 Å². The van der Waals surface area contributed by atoms with Gasteiger partial charge in [-0.1, -0.05) is 33.1 Å². The first-order chi connectivity index (χ1) is 5.76. The zero-order valence-electron chi connectivity index (χ0n) is 7.81. The van der Waals surface area contributed by atoms with Crippen molar-refractivity contribution in [3.63, 3.8) is 0 Å². The van der Waals surface area contributed by atoms with Gasteiger partial charge in [-0.2, -0.15) is 0 Å². The van der Waals surface area contributed by atoms with Gasteiger partial charge in [-0.3, -0.25) is 4.79 Å². The molecular weight excluding hydrogens is 172 g/mol. The first kappa shape index (κ1) is 12.0. The molecule has 0 aliphatic rings. The van der Waals surface area contributed by atoms with Gasteiger partial charge in [0, 0.05) is 5.92 Å². The lowest BCUT2D eigenvalue weighted by atomic mass is 9.94. The Morgan fingerprint density at radius 1 is 1.50 bits per heavy atom. The highest BCUT2D eigenvalue weighted by molar-refractivity contribution is 6.27. The van der Waals surface area contributed by atoms with E-state index < -0.39 is 0 Å². The fraction of sp³-hybridized carbons (Fsp3) is 0.800. The summed E-state index contributed by atoms with van der Waals surface area (Å²) in [7, 11) is 0. The minimum atomic E-state index is 0.161. The van der Waals surface area contributed by atoms with E-state index in [1.165, 1.54) is 0 Å². The molecule has 0 fully saturated rings. The van der Waals surface area contributed by atoms with Gasteiger partial charge in [-0.15, -0.1) is 11.6 Å². The molecule has 1 unspecified atom stereocenters. The van der Waals surface area contributed by atoms with Gasteiger partial charge in [0.05, 0.1) is 5.88 Å². The normalized spacial score (nSPS) is 12.9. The Hall–Kier alpha value is -0.0400. The van der Waals surface area contributed by atoms with Crippen LogP contribution in [0.4, 0.5) is 0 Å². The molecule has 0 saturated heterocycles. The molecule has 0 rings (SSSR count). The fourth-order valence-electron chi connectivity index (χ4n) is 1.27. The topological polar surface area (TPSA) is 17.1 Å². The maximum Gasteiger partial charge on any atom is 0.150 e. The molecule has 0 aliphatic carbocycles. The molecule has 1 nitrogen and oxygen atoms in total. The van der Waals surface area contributed by atoms with Crippen molar-refractivity contribution in [3.05, 3.63) is 6.92 Å². The highest BCUT2D eigenvalue weighted by atomic mass is 35.5. The standard InChI is InChI=1S/C10H18ClO/c1-3-5-7-9(6-4-2)10(12)8-11/h9H,2-8H2,1H3. The van der Waals surface area contributed by atoms with E-state index in [4.69, 9.17) is 11.6 Å². The maximum absolute atomic E-state index is 11.2. The van der Waals surface area contributed by atoms with Crippen LogP contribution >= 0.6 is 11.6 Å². The van der Waals surface area contributed by atoms with E-state index in [0.29, 0.717) is 0 Å². The van der Waals surface area contributed by atoms with Crippen LogP contribution in [0.3, 0.4) is 0 Å². The fourth-order valence-corrected chi connectivity index (χ4v) is 1.49. The van der Waals surface area contributed by atoms with Crippen LogP contribution in [0.1, 0.15) is 39.0 Å². The number of hydrogen-bond donors (Lipinski definition) is 0. The molecule has 1 radical (unpaired) electrons. The average molecular weight is 190 g/mol. The lowest BCUT2D eigenvalue weighted by Gasteiger charge is -2.12. The summed E-state index contributed by atoms with van der Waals surface area (Å²) >= 11 is 5.49. The largest absolute Gasteiger partial charge is 0.298 e. The molecule has 1 atom stereocenters. The van der Waals surface area contributed by atoms with Gasteiger partial charge in [0.2, 0.25) is 0 Å². The number of alkyl halides is 1. The molecule has 0 bridgehead atoms. The third kappa shape index (κ3) is 4.76. The summed E-state index contributed by atoms with van der Waals surface area (Å²) < 4.78 is 0. The monoisotopic (exact) mass is 189 g/mol. The molecule has 0 heterocycles. The molecule has 0 aromatic carbocycles. The Labute approximate surface area is 80.5 Å². The Morgan fingerprint density at radius 2 is 2.17 bits per heavy atom. The molecule has 2 heteroatoms. The van der Waals surface area contributed by atoms with Crippen molar-refractivity contribution < 1.29 is 4.79 Å². The highest BCUT2D eigenvalue weighted by Crippen LogP contribution is 2.16. The van der Waals surface area contributed by atoms with Gasteiger partial charge in [0.25, 0.3) is 0 Å². The predicted molar refractivity (Wildman–Crippen MR) is 53.3 cm³/mol. The number of rotatable bonds is 7. The smallest absolute Gasteiger partial charge is 0.150 e. The van der Waals surface area contributed by atoms with Crippen LogP contribution in [-0.2, 0) is 4.79 Å². The maximum atomic E-state index is 11.2. The predicted octanol–water partition coefficient (Wildman–Crippen LogP) is 3.21. The molecule has 12 heavy (non-hydrogen) atoms. The Bertz CT molecular complexity index is 123. The van der Waals surface area contributed by atoms with Crippen LogP contribution < -0.4 is 0 Å². The van der Waals surface area contributed by atoms with Gasteiger partial charge < -0.3 is 0 Å². The van der Waals surface area contributed by atoms with E-state index in [1.807, 2.05) is 0 Å². The van der Waals surface area contributed by atoms with Crippen molar-refractivity contribution in [1.82, 2.24) is 0 Å². The number of carbonyl (C=O) groups excluding carboxylic acids is 1. The van der Waals surface area contributed by atoms with Gasteiger partial charge in [-0.25, -0.2) is 0 Å². The minimum Gasteiger partial charge on any atom is -0.298 e. The number of hydrogen-bond acceptors (Lipinski definition) is 1. The summed E-state index contributed by atoms with van der Waals surface area (Å²) in [6.45, 7) is 5.89. The summed E-state index contributed by atoms with van der Waals surface area (Å²) in [5.74, 6) is 0.516. The Morgan fingerprint density at radius 3 is 2.58 bits per heavy atom. The molecule has 0 aromatic heterocycles. The van der Waals surface area contributed by atoms with Crippen molar-refractivity contribution in [2.45, 2.75) is 39.0 Å². The summed E-state index contributed by atoms with van der Waals surface area (Å²) in [6.07, 6.45) is 4.97. The zero-order valence-corrected chi connectivity index (χ0v) is 8.57. The van der Waals surface area contributed by atoms with Crippen LogP contribution in [0, 0.1) is 12.8 Å². The van der Waals surface area contributed by atoms with Crippen LogP contribution in [0.15, 0.2) is 0 Å². The van der Waals surface area contributed by atoms with Gasteiger partial charge in [-0.05, 0) is 12.8 Å². The molecule has 0 saturated carbocycles. The lowest BCUT2D eigenvalue weighted by Crippen LogP contribution is -2.15. The second-order valence-corrected chi connectivity index (χ2v) is 3.35. The van der Waals surface area contributed by atoms with Crippen molar-refractivity contribution in [2.24, 2.45) is 5.92 Å².